The summed E-state index contributed by atoms with van der Waals surface area (Å²) in [7, 11) is 5.66. The lowest BCUT2D eigenvalue weighted by atomic mass is 10.1. The summed E-state index contributed by atoms with van der Waals surface area (Å²) in [5.74, 6) is 2.44. The van der Waals surface area contributed by atoms with E-state index in [4.69, 9.17) is 0 Å². The van der Waals surface area contributed by atoms with Gasteiger partial charge >= 0.3 is 0 Å². The first kappa shape index (κ1) is 15.8. The van der Waals surface area contributed by atoms with Gasteiger partial charge in [0.1, 0.15) is 0 Å². The fourth-order valence-electron chi connectivity index (χ4n) is 2.49. The second-order valence-electron chi connectivity index (χ2n) is 5.92. The average molecular weight is 293 g/mol. The molecule has 2 rings (SSSR count). The highest BCUT2D eigenvalue weighted by molar-refractivity contribution is 5.42. The molecule has 0 saturated carbocycles. The number of likely N-dealkylation sites (tertiary alicyclic amines) is 1. The largest absolute Gasteiger partial charge is 0.357 e. The molecule has 21 heavy (non-hydrogen) atoms. The molecule has 1 aromatic rings. The minimum absolute atomic E-state index is 0.570. The Morgan fingerprint density at radius 1 is 1.14 bits per heavy atom. The molecule has 1 fully saturated rings. The van der Waals surface area contributed by atoms with Gasteiger partial charge in [-0.15, -0.1) is 0 Å². The fraction of sp³-hybridized carbons (Fsp3) is 0.786. The van der Waals surface area contributed by atoms with Crippen molar-refractivity contribution >= 4 is 17.8 Å². The van der Waals surface area contributed by atoms with Crippen LogP contribution in [0.3, 0.4) is 0 Å². The minimum atomic E-state index is 0.570. The molecule has 1 unspecified atom stereocenters. The van der Waals surface area contributed by atoms with Crippen molar-refractivity contribution in [1.29, 1.82) is 0 Å². The molecule has 0 spiro atoms. The van der Waals surface area contributed by atoms with Gasteiger partial charge in [0.25, 0.3) is 0 Å². The predicted molar refractivity (Wildman–Crippen MR) is 87.0 cm³/mol. The highest BCUT2D eigenvalue weighted by Crippen LogP contribution is 2.13. The van der Waals surface area contributed by atoms with Gasteiger partial charge < -0.3 is 20.4 Å². The molecule has 0 aromatic carbocycles. The second kappa shape index (κ2) is 7.40. The number of anilines is 3. The van der Waals surface area contributed by atoms with Gasteiger partial charge in [-0.1, -0.05) is 6.92 Å². The first-order valence-corrected chi connectivity index (χ1v) is 7.66. The normalized spacial score (nSPS) is 16.8. The SMILES string of the molecule is CNc1nc(NCC(C)CN2CCCC2)nc(N(C)C)n1. The van der Waals surface area contributed by atoms with Crippen LogP contribution in [0.4, 0.5) is 17.8 Å². The maximum atomic E-state index is 4.42. The third-order valence-corrected chi connectivity index (χ3v) is 3.62. The van der Waals surface area contributed by atoms with Gasteiger partial charge in [-0.3, -0.25) is 0 Å². The Balaban J connectivity index is 1.90. The van der Waals surface area contributed by atoms with E-state index in [9.17, 15) is 0 Å². The van der Waals surface area contributed by atoms with Crippen LogP contribution in [0.25, 0.3) is 0 Å². The standard InChI is InChI=1S/C14H27N7/c1-11(10-21-7-5-6-8-21)9-16-13-17-12(15-2)18-14(19-13)20(3)4/h11H,5-10H2,1-4H3,(H2,15,16,17,18,19). The summed E-state index contributed by atoms with van der Waals surface area (Å²) in [6, 6.07) is 0. The number of rotatable bonds is 7. The zero-order valence-electron chi connectivity index (χ0n) is 13.6. The van der Waals surface area contributed by atoms with Crippen LogP contribution in [0.1, 0.15) is 19.8 Å². The van der Waals surface area contributed by atoms with Crippen molar-refractivity contribution in [2.45, 2.75) is 19.8 Å². The first-order chi connectivity index (χ1) is 10.1. The van der Waals surface area contributed by atoms with Gasteiger partial charge in [0, 0.05) is 34.2 Å². The topological polar surface area (TPSA) is 69.2 Å². The van der Waals surface area contributed by atoms with E-state index in [1.807, 2.05) is 26.0 Å². The van der Waals surface area contributed by atoms with Crippen LogP contribution in [0.15, 0.2) is 0 Å². The lowest BCUT2D eigenvalue weighted by molar-refractivity contribution is 0.294. The first-order valence-electron chi connectivity index (χ1n) is 7.66. The molecule has 0 aliphatic carbocycles. The zero-order valence-corrected chi connectivity index (χ0v) is 13.6. The number of nitrogens with zero attached hydrogens (tertiary/aromatic N) is 5. The second-order valence-corrected chi connectivity index (χ2v) is 5.92. The van der Waals surface area contributed by atoms with Crippen molar-refractivity contribution in [2.24, 2.45) is 5.92 Å². The number of hydrogen-bond donors (Lipinski definition) is 2. The van der Waals surface area contributed by atoms with E-state index >= 15 is 0 Å². The Labute approximate surface area is 127 Å². The minimum Gasteiger partial charge on any atom is -0.357 e. The maximum absolute atomic E-state index is 4.42. The molecular weight excluding hydrogens is 266 g/mol. The summed E-state index contributed by atoms with van der Waals surface area (Å²) in [5.41, 5.74) is 0. The van der Waals surface area contributed by atoms with Crippen LogP contribution < -0.4 is 15.5 Å². The monoisotopic (exact) mass is 293 g/mol. The third kappa shape index (κ3) is 4.70. The molecule has 1 atom stereocenters. The van der Waals surface area contributed by atoms with Crippen molar-refractivity contribution in [1.82, 2.24) is 19.9 Å². The van der Waals surface area contributed by atoms with Crippen LogP contribution in [0.2, 0.25) is 0 Å². The Morgan fingerprint density at radius 3 is 2.43 bits per heavy atom. The van der Waals surface area contributed by atoms with E-state index in [1.165, 1.54) is 25.9 Å². The van der Waals surface area contributed by atoms with Gasteiger partial charge in [-0.25, -0.2) is 0 Å². The van der Waals surface area contributed by atoms with E-state index in [1.54, 1.807) is 0 Å². The predicted octanol–water partition coefficient (Wildman–Crippen LogP) is 1.12. The lowest BCUT2D eigenvalue weighted by Crippen LogP contribution is -2.29. The number of hydrogen-bond acceptors (Lipinski definition) is 7. The van der Waals surface area contributed by atoms with E-state index in [0.29, 0.717) is 23.8 Å². The molecular formula is C14H27N7. The molecule has 1 aliphatic heterocycles. The van der Waals surface area contributed by atoms with Crippen LogP contribution >= 0.6 is 0 Å². The summed E-state index contributed by atoms with van der Waals surface area (Å²) < 4.78 is 0. The van der Waals surface area contributed by atoms with E-state index in [0.717, 1.165) is 13.1 Å². The van der Waals surface area contributed by atoms with E-state index in [-0.39, 0.29) is 0 Å². The molecule has 1 aliphatic rings. The Bertz CT molecular complexity index is 443. The van der Waals surface area contributed by atoms with E-state index in [2.05, 4.69) is 37.4 Å². The molecule has 1 saturated heterocycles. The summed E-state index contributed by atoms with van der Waals surface area (Å²) in [6.45, 7) is 6.75. The van der Waals surface area contributed by atoms with Gasteiger partial charge in [-0.05, 0) is 31.8 Å². The van der Waals surface area contributed by atoms with Gasteiger partial charge in [0.2, 0.25) is 17.8 Å². The van der Waals surface area contributed by atoms with Gasteiger partial charge in [0.15, 0.2) is 0 Å². The zero-order chi connectivity index (χ0) is 15.2. The van der Waals surface area contributed by atoms with Crippen LogP contribution in [-0.4, -0.2) is 67.2 Å². The molecule has 7 nitrogen and oxygen atoms in total. The maximum Gasteiger partial charge on any atom is 0.231 e. The molecule has 0 radical (unpaired) electrons. The fourth-order valence-corrected chi connectivity index (χ4v) is 2.49. The Morgan fingerprint density at radius 2 is 1.81 bits per heavy atom. The highest BCUT2D eigenvalue weighted by atomic mass is 15.3. The number of aromatic nitrogens is 3. The van der Waals surface area contributed by atoms with Crippen LogP contribution in [0, 0.1) is 5.92 Å². The molecule has 0 bridgehead atoms. The van der Waals surface area contributed by atoms with Crippen molar-refractivity contribution in [3.63, 3.8) is 0 Å². The van der Waals surface area contributed by atoms with Crippen LogP contribution in [0.5, 0.6) is 0 Å². The number of nitrogens with one attached hydrogen (secondary N) is 2. The Kier molecular flexibility index (Phi) is 5.55. The summed E-state index contributed by atoms with van der Waals surface area (Å²) >= 11 is 0. The highest BCUT2D eigenvalue weighted by Gasteiger charge is 2.15. The summed E-state index contributed by atoms with van der Waals surface area (Å²) in [4.78, 5) is 17.5. The summed E-state index contributed by atoms with van der Waals surface area (Å²) in [6.07, 6.45) is 2.68. The molecule has 2 N–H and O–H groups in total. The van der Waals surface area contributed by atoms with E-state index < -0.39 is 0 Å². The van der Waals surface area contributed by atoms with Gasteiger partial charge in [0.05, 0.1) is 0 Å². The molecule has 7 heteroatoms. The van der Waals surface area contributed by atoms with Crippen LogP contribution in [-0.2, 0) is 0 Å². The molecule has 0 amide bonds. The quantitative estimate of drug-likeness (QED) is 0.781. The molecule has 118 valence electrons. The van der Waals surface area contributed by atoms with Crippen molar-refractivity contribution in [2.75, 3.05) is 62.9 Å². The average Bonchev–Trinajstić information content (AvgIpc) is 2.97. The molecule has 2 heterocycles. The Hall–Kier alpha value is -1.63. The lowest BCUT2D eigenvalue weighted by Gasteiger charge is -2.20. The van der Waals surface area contributed by atoms with Crippen molar-refractivity contribution in [3.05, 3.63) is 0 Å². The third-order valence-electron chi connectivity index (χ3n) is 3.62. The van der Waals surface area contributed by atoms with Crippen molar-refractivity contribution in [3.8, 4) is 0 Å². The summed E-state index contributed by atoms with van der Waals surface area (Å²) in [5, 5.41) is 6.30. The smallest absolute Gasteiger partial charge is 0.231 e. The van der Waals surface area contributed by atoms with Crippen molar-refractivity contribution < 1.29 is 0 Å². The van der Waals surface area contributed by atoms with Gasteiger partial charge in [-0.2, -0.15) is 15.0 Å². The molecule has 1 aromatic heterocycles.